The molecule has 0 unspecified atom stereocenters. The van der Waals surface area contributed by atoms with Crippen LogP contribution in [0.3, 0.4) is 0 Å². The van der Waals surface area contributed by atoms with Crippen molar-refractivity contribution >= 4 is 18.3 Å². The van der Waals surface area contributed by atoms with Crippen molar-refractivity contribution in [2.75, 3.05) is 13.1 Å². The molecule has 1 aromatic rings. The van der Waals surface area contributed by atoms with Crippen molar-refractivity contribution in [1.82, 2.24) is 4.90 Å². The third-order valence-electron chi connectivity index (χ3n) is 3.92. The van der Waals surface area contributed by atoms with Crippen LogP contribution in [-0.4, -0.2) is 36.0 Å². The minimum absolute atomic E-state index is 0. The van der Waals surface area contributed by atoms with Crippen LogP contribution in [0, 0.1) is 13.8 Å². The topological polar surface area (TPSA) is 55.6 Å². The molecular formula is C16H25ClN2O2. The number of benzene rings is 1. The van der Waals surface area contributed by atoms with Gasteiger partial charge in [-0.25, -0.2) is 0 Å². The van der Waals surface area contributed by atoms with E-state index >= 15 is 0 Å². The first-order chi connectivity index (χ1) is 9.47. The predicted molar refractivity (Wildman–Crippen MR) is 87.0 cm³/mol. The second-order valence-electron chi connectivity index (χ2n) is 5.68. The lowest BCUT2D eigenvalue weighted by molar-refractivity contribution is -0.133. The number of nitrogens with zero attached hydrogens (tertiary/aromatic N) is 1. The fraction of sp³-hybridized carbons (Fsp3) is 0.562. The molecular weight excluding hydrogens is 288 g/mol. The van der Waals surface area contributed by atoms with E-state index in [1.807, 2.05) is 11.0 Å². The van der Waals surface area contributed by atoms with E-state index in [0.717, 1.165) is 31.7 Å². The maximum absolute atomic E-state index is 11.8. The van der Waals surface area contributed by atoms with Gasteiger partial charge >= 0.3 is 0 Å². The number of hydrogen-bond acceptors (Lipinski definition) is 3. The van der Waals surface area contributed by atoms with Crippen LogP contribution in [0.4, 0.5) is 0 Å². The van der Waals surface area contributed by atoms with Crippen LogP contribution in [0.15, 0.2) is 18.2 Å². The summed E-state index contributed by atoms with van der Waals surface area (Å²) in [6.07, 6.45) is 1.92. The summed E-state index contributed by atoms with van der Waals surface area (Å²) in [7, 11) is 0. The quantitative estimate of drug-likeness (QED) is 0.932. The molecule has 0 aromatic heterocycles. The minimum Gasteiger partial charge on any atom is -0.490 e. The Bertz CT molecular complexity index is 483. The number of likely N-dealkylation sites (tertiary alicyclic amines) is 1. The molecule has 118 valence electrons. The van der Waals surface area contributed by atoms with Crippen molar-refractivity contribution in [1.29, 1.82) is 0 Å². The first kappa shape index (κ1) is 17.8. The van der Waals surface area contributed by atoms with Gasteiger partial charge in [0.2, 0.25) is 5.91 Å². The van der Waals surface area contributed by atoms with Gasteiger partial charge in [0.1, 0.15) is 11.9 Å². The van der Waals surface area contributed by atoms with Crippen molar-refractivity contribution < 1.29 is 9.53 Å². The Morgan fingerprint density at radius 3 is 2.43 bits per heavy atom. The largest absolute Gasteiger partial charge is 0.490 e. The van der Waals surface area contributed by atoms with Gasteiger partial charge < -0.3 is 15.4 Å². The van der Waals surface area contributed by atoms with Crippen LogP contribution in [0.1, 0.15) is 30.9 Å². The van der Waals surface area contributed by atoms with Gasteiger partial charge in [-0.1, -0.05) is 6.07 Å². The lowest BCUT2D eigenvalue weighted by Gasteiger charge is -2.33. The van der Waals surface area contributed by atoms with Gasteiger partial charge in [-0.15, -0.1) is 12.4 Å². The van der Waals surface area contributed by atoms with Gasteiger partial charge in [0.25, 0.3) is 0 Å². The number of ether oxygens (including phenoxy) is 1. The van der Waals surface area contributed by atoms with Gasteiger partial charge in [0, 0.05) is 25.9 Å². The number of rotatable bonds is 3. The number of aryl methyl sites for hydroxylation is 2. The standard InChI is InChI=1S/C16H24N2O2.ClH/c1-11-4-5-15(10-12(11)2)20-14-6-8-18(9-7-14)16(19)13(3)17;/h4-5,10,13-14H,6-9,17H2,1-3H3;1H/t13-;/m0./s1. The lowest BCUT2D eigenvalue weighted by atomic mass is 10.1. The van der Waals surface area contributed by atoms with E-state index in [4.69, 9.17) is 10.5 Å². The van der Waals surface area contributed by atoms with E-state index in [1.165, 1.54) is 11.1 Å². The van der Waals surface area contributed by atoms with Crippen LogP contribution in [-0.2, 0) is 4.79 Å². The number of carbonyl (C=O) groups excluding carboxylic acids is 1. The molecule has 2 N–H and O–H groups in total. The molecule has 1 fully saturated rings. The summed E-state index contributed by atoms with van der Waals surface area (Å²) in [4.78, 5) is 13.6. The fourth-order valence-corrected chi connectivity index (χ4v) is 2.46. The van der Waals surface area contributed by atoms with Crippen molar-refractivity contribution in [2.24, 2.45) is 5.73 Å². The molecule has 0 saturated carbocycles. The van der Waals surface area contributed by atoms with Crippen LogP contribution in [0.5, 0.6) is 5.75 Å². The van der Waals surface area contributed by atoms with Crippen molar-refractivity contribution in [2.45, 2.75) is 45.8 Å². The van der Waals surface area contributed by atoms with Crippen LogP contribution in [0.25, 0.3) is 0 Å². The summed E-state index contributed by atoms with van der Waals surface area (Å²) in [6.45, 7) is 7.38. The van der Waals surface area contributed by atoms with E-state index < -0.39 is 6.04 Å². The average Bonchev–Trinajstić information content (AvgIpc) is 2.43. The van der Waals surface area contributed by atoms with Crippen molar-refractivity contribution in [3.8, 4) is 5.75 Å². The molecule has 5 heteroatoms. The molecule has 1 aromatic carbocycles. The number of carbonyl (C=O) groups is 1. The van der Waals surface area contributed by atoms with Crippen molar-refractivity contribution in [3.05, 3.63) is 29.3 Å². The van der Waals surface area contributed by atoms with E-state index in [9.17, 15) is 4.79 Å². The Kier molecular flexibility index (Phi) is 6.49. The van der Waals surface area contributed by atoms with Crippen LogP contribution >= 0.6 is 12.4 Å². The maximum atomic E-state index is 11.8. The summed E-state index contributed by atoms with van der Waals surface area (Å²) in [5, 5.41) is 0. The Labute approximate surface area is 133 Å². The molecule has 4 nitrogen and oxygen atoms in total. The average molecular weight is 313 g/mol. The first-order valence-electron chi connectivity index (χ1n) is 7.25. The molecule has 0 aliphatic carbocycles. The molecule has 1 heterocycles. The van der Waals surface area contributed by atoms with Gasteiger partial charge in [0.05, 0.1) is 6.04 Å². The summed E-state index contributed by atoms with van der Waals surface area (Å²) in [5.74, 6) is 0.958. The normalized spacial score (nSPS) is 17.0. The fourth-order valence-electron chi connectivity index (χ4n) is 2.46. The third kappa shape index (κ3) is 4.61. The number of piperidine rings is 1. The molecule has 1 amide bonds. The number of halogens is 1. The molecule has 21 heavy (non-hydrogen) atoms. The van der Waals surface area contributed by atoms with E-state index in [-0.39, 0.29) is 24.4 Å². The first-order valence-corrected chi connectivity index (χ1v) is 7.25. The Morgan fingerprint density at radius 1 is 1.29 bits per heavy atom. The summed E-state index contributed by atoms with van der Waals surface area (Å²) < 4.78 is 6.01. The maximum Gasteiger partial charge on any atom is 0.239 e. The monoisotopic (exact) mass is 312 g/mol. The zero-order chi connectivity index (χ0) is 14.7. The predicted octanol–water partition coefficient (Wildman–Crippen LogP) is 2.44. The molecule has 0 radical (unpaired) electrons. The highest BCUT2D eigenvalue weighted by Gasteiger charge is 2.25. The molecule has 0 bridgehead atoms. The second-order valence-corrected chi connectivity index (χ2v) is 5.68. The third-order valence-corrected chi connectivity index (χ3v) is 3.92. The van der Waals surface area contributed by atoms with E-state index in [1.54, 1.807) is 6.92 Å². The Hall–Kier alpha value is -1.26. The van der Waals surface area contributed by atoms with Gasteiger partial charge in [-0.2, -0.15) is 0 Å². The van der Waals surface area contributed by atoms with Gasteiger partial charge in [0.15, 0.2) is 0 Å². The Balaban J connectivity index is 0.00000220. The lowest BCUT2D eigenvalue weighted by Crippen LogP contribution is -2.47. The number of nitrogens with two attached hydrogens (primary N) is 1. The molecule has 1 aliphatic rings. The zero-order valence-corrected chi connectivity index (χ0v) is 13.8. The van der Waals surface area contributed by atoms with Crippen LogP contribution in [0.2, 0.25) is 0 Å². The highest BCUT2D eigenvalue weighted by molar-refractivity contribution is 5.85. The SMILES string of the molecule is Cc1ccc(OC2CCN(C(=O)[C@H](C)N)CC2)cc1C.Cl. The molecule has 2 rings (SSSR count). The summed E-state index contributed by atoms with van der Waals surface area (Å²) in [5.41, 5.74) is 8.15. The zero-order valence-electron chi connectivity index (χ0n) is 13.0. The van der Waals surface area contributed by atoms with E-state index in [0.29, 0.717) is 0 Å². The van der Waals surface area contributed by atoms with Crippen LogP contribution < -0.4 is 10.5 Å². The number of amides is 1. The minimum atomic E-state index is -0.410. The highest BCUT2D eigenvalue weighted by Crippen LogP contribution is 2.21. The summed E-state index contributed by atoms with van der Waals surface area (Å²) in [6, 6.07) is 5.77. The Morgan fingerprint density at radius 2 is 1.90 bits per heavy atom. The number of hydrogen-bond donors (Lipinski definition) is 1. The van der Waals surface area contributed by atoms with Gasteiger partial charge in [-0.3, -0.25) is 4.79 Å². The van der Waals surface area contributed by atoms with E-state index in [2.05, 4.69) is 26.0 Å². The molecule has 1 saturated heterocycles. The van der Waals surface area contributed by atoms with Crippen molar-refractivity contribution in [3.63, 3.8) is 0 Å². The molecule has 1 aliphatic heterocycles. The van der Waals surface area contributed by atoms with Gasteiger partial charge in [-0.05, 0) is 44.0 Å². The summed E-state index contributed by atoms with van der Waals surface area (Å²) >= 11 is 0. The highest BCUT2D eigenvalue weighted by atomic mass is 35.5. The molecule has 1 atom stereocenters. The molecule has 0 spiro atoms. The second kappa shape index (κ2) is 7.66. The smallest absolute Gasteiger partial charge is 0.239 e.